The Kier molecular flexibility index (Phi) is 5.80. The summed E-state index contributed by atoms with van der Waals surface area (Å²) in [5, 5.41) is 11.8. The highest BCUT2D eigenvalue weighted by Gasteiger charge is 2.39. The van der Waals surface area contributed by atoms with E-state index in [-0.39, 0.29) is 12.5 Å². The van der Waals surface area contributed by atoms with Gasteiger partial charge in [-0.2, -0.15) is 0 Å². The van der Waals surface area contributed by atoms with Crippen molar-refractivity contribution in [1.82, 2.24) is 5.32 Å². The van der Waals surface area contributed by atoms with Gasteiger partial charge in [0.1, 0.15) is 6.04 Å². The van der Waals surface area contributed by atoms with Crippen molar-refractivity contribution in [1.29, 1.82) is 0 Å². The molecular weight excluding hydrogens is 232 g/mol. The average Bonchev–Trinajstić information content (AvgIpc) is 2.27. The van der Waals surface area contributed by atoms with E-state index < -0.39 is 22.8 Å². The molecule has 106 valence electrons. The number of carboxylic acids is 1. The molecule has 0 bridgehead atoms. The Labute approximate surface area is 109 Å². The van der Waals surface area contributed by atoms with Crippen LogP contribution in [0.5, 0.6) is 0 Å². The van der Waals surface area contributed by atoms with E-state index in [4.69, 9.17) is 5.73 Å². The molecule has 0 heterocycles. The molecule has 0 rings (SSSR count). The molecule has 0 saturated carbocycles. The number of nitrogens with two attached hydrogens (primary N) is 1. The topological polar surface area (TPSA) is 92.4 Å². The van der Waals surface area contributed by atoms with Crippen molar-refractivity contribution in [2.75, 3.05) is 6.54 Å². The molecule has 0 spiro atoms. The summed E-state index contributed by atoms with van der Waals surface area (Å²) >= 11 is 0. The highest BCUT2D eigenvalue weighted by Crippen LogP contribution is 2.27. The van der Waals surface area contributed by atoms with Gasteiger partial charge in [-0.3, -0.25) is 4.79 Å². The number of carbonyl (C=O) groups excluding carboxylic acids is 1. The van der Waals surface area contributed by atoms with E-state index >= 15 is 0 Å². The quantitative estimate of drug-likeness (QED) is 0.671. The molecule has 0 aliphatic rings. The molecule has 0 radical (unpaired) electrons. The maximum absolute atomic E-state index is 12.3. The smallest absolute Gasteiger partial charge is 0.326 e. The van der Waals surface area contributed by atoms with Crippen molar-refractivity contribution in [2.24, 2.45) is 16.6 Å². The zero-order chi connectivity index (χ0) is 14.6. The largest absolute Gasteiger partial charge is 0.480 e. The van der Waals surface area contributed by atoms with Crippen LogP contribution in [0.3, 0.4) is 0 Å². The minimum Gasteiger partial charge on any atom is -0.480 e. The molecule has 0 aromatic heterocycles. The minimum atomic E-state index is -1.02. The maximum Gasteiger partial charge on any atom is 0.326 e. The van der Waals surface area contributed by atoms with Gasteiger partial charge in [0.05, 0.1) is 5.41 Å². The van der Waals surface area contributed by atoms with E-state index in [1.165, 1.54) is 0 Å². The SMILES string of the molecule is CCC(CC)(CN)C(=O)NC(C(=O)O)C(C)(C)C. The second-order valence-electron chi connectivity index (χ2n) is 5.80. The van der Waals surface area contributed by atoms with Gasteiger partial charge in [0.2, 0.25) is 5.91 Å². The van der Waals surface area contributed by atoms with Crippen LogP contribution in [0.4, 0.5) is 0 Å². The van der Waals surface area contributed by atoms with E-state index in [0.717, 1.165) is 0 Å². The normalized spacial score (nSPS) is 14.1. The first kappa shape index (κ1) is 16.9. The number of hydrogen-bond acceptors (Lipinski definition) is 3. The lowest BCUT2D eigenvalue weighted by atomic mass is 9.79. The van der Waals surface area contributed by atoms with Crippen molar-refractivity contribution in [3.8, 4) is 0 Å². The number of hydrogen-bond donors (Lipinski definition) is 3. The summed E-state index contributed by atoms with van der Waals surface area (Å²) in [6.45, 7) is 9.37. The number of aliphatic carboxylic acids is 1. The van der Waals surface area contributed by atoms with Crippen molar-refractivity contribution in [3.63, 3.8) is 0 Å². The van der Waals surface area contributed by atoms with Gasteiger partial charge in [-0.05, 0) is 18.3 Å². The fourth-order valence-corrected chi connectivity index (χ4v) is 1.89. The van der Waals surface area contributed by atoms with Gasteiger partial charge in [0.25, 0.3) is 0 Å². The van der Waals surface area contributed by atoms with Crippen LogP contribution in [0.2, 0.25) is 0 Å². The van der Waals surface area contributed by atoms with Crippen LogP contribution in [0.25, 0.3) is 0 Å². The van der Waals surface area contributed by atoms with Crippen LogP contribution in [-0.4, -0.2) is 29.6 Å². The first-order chi connectivity index (χ1) is 8.14. The Morgan fingerprint density at radius 3 is 1.89 bits per heavy atom. The van der Waals surface area contributed by atoms with Crippen molar-refractivity contribution >= 4 is 11.9 Å². The van der Waals surface area contributed by atoms with Crippen molar-refractivity contribution < 1.29 is 14.7 Å². The molecule has 5 nitrogen and oxygen atoms in total. The number of carbonyl (C=O) groups is 2. The van der Waals surface area contributed by atoms with E-state index in [0.29, 0.717) is 12.8 Å². The molecule has 0 saturated heterocycles. The third-order valence-corrected chi connectivity index (χ3v) is 3.61. The Morgan fingerprint density at radius 2 is 1.67 bits per heavy atom. The van der Waals surface area contributed by atoms with Gasteiger partial charge in [-0.1, -0.05) is 34.6 Å². The summed E-state index contributed by atoms with van der Waals surface area (Å²) in [5.74, 6) is -1.29. The minimum absolute atomic E-state index is 0.225. The van der Waals surface area contributed by atoms with Crippen LogP contribution in [0, 0.1) is 10.8 Å². The summed E-state index contributed by atoms with van der Waals surface area (Å²) in [4.78, 5) is 23.5. The number of nitrogens with one attached hydrogen (secondary N) is 1. The van der Waals surface area contributed by atoms with Gasteiger partial charge < -0.3 is 16.2 Å². The maximum atomic E-state index is 12.3. The molecule has 0 aromatic carbocycles. The standard InChI is InChI=1S/C13H26N2O3/c1-6-13(7-2,8-14)11(18)15-9(10(16)17)12(3,4)5/h9H,6-8,14H2,1-5H3,(H,15,18)(H,16,17). The summed E-state index contributed by atoms with van der Waals surface area (Å²) in [5.41, 5.74) is 4.48. The second-order valence-corrected chi connectivity index (χ2v) is 5.80. The van der Waals surface area contributed by atoms with Crippen LogP contribution < -0.4 is 11.1 Å². The summed E-state index contributed by atoms with van der Waals surface area (Å²) in [7, 11) is 0. The summed E-state index contributed by atoms with van der Waals surface area (Å²) in [6, 6.07) is -0.908. The van der Waals surface area contributed by atoms with E-state index in [1.807, 2.05) is 13.8 Å². The number of rotatable bonds is 6. The van der Waals surface area contributed by atoms with Crippen LogP contribution in [-0.2, 0) is 9.59 Å². The van der Waals surface area contributed by atoms with Gasteiger partial charge in [-0.15, -0.1) is 0 Å². The van der Waals surface area contributed by atoms with E-state index in [1.54, 1.807) is 20.8 Å². The zero-order valence-corrected chi connectivity index (χ0v) is 12.0. The van der Waals surface area contributed by atoms with Crippen LogP contribution in [0.1, 0.15) is 47.5 Å². The summed E-state index contributed by atoms with van der Waals surface area (Å²) in [6.07, 6.45) is 1.20. The third kappa shape index (κ3) is 3.70. The first-order valence-corrected chi connectivity index (χ1v) is 6.38. The van der Waals surface area contributed by atoms with Gasteiger partial charge in [-0.25, -0.2) is 4.79 Å². The molecule has 1 amide bonds. The van der Waals surface area contributed by atoms with E-state index in [2.05, 4.69) is 5.32 Å². The Balaban J connectivity index is 5.07. The lowest BCUT2D eigenvalue weighted by molar-refractivity contribution is -0.147. The molecule has 5 heteroatoms. The van der Waals surface area contributed by atoms with Gasteiger partial charge in [0, 0.05) is 6.54 Å². The predicted octanol–water partition coefficient (Wildman–Crippen LogP) is 1.37. The third-order valence-electron chi connectivity index (χ3n) is 3.61. The van der Waals surface area contributed by atoms with Crippen LogP contribution in [0.15, 0.2) is 0 Å². The molecule has 18 heavy (non-hydrogen) atoms. The predicted molar refractivity (Wildman–Crippen MR) is 71.1 cm³/mol. The fourth-order valence-electron chi connectivity index (χ4n) is 1.89. The molecule has 1 unspecified atom stereocenters. The van der Waals surface area contributed by atoms with Crippen LogP contribution >= 0.6 is 0 Å². The van der Waals surface area contributed by atoms with Gasteiger partial charge in [0.15, 0.2) is 0 Å². The summed E-state index contributed by atoms with van der Waals surface area (Å²) < 4.78 is 0. The second kappa shape index (κ2) is 6.18. The monoisotopic (exact) mass is 258 g/mol. The lowest BCUT2D eigenvalue weighted by Crippen LogP contribution is -2.55. The molecule has 4 N–H and O–H groups in total. The fraction of sp³-hybridized carbons (Fsp3) is 0.846. The zero-order valence-electron chi connectivity index (χ0n) is 12.0. The molecule has 0 fully saturated rings. The molecule has 0 aliphatic heterocycles. The Hall–Kier alpha value is -1.10. The van der Waals surface area contributed by atoms with Crippen molar-refractivity contribution in [2.45, 2.75) is 53.5 Å². The molecule has 0 aromatic rings. The molecule has 0 aliphatic carbocycles. The Bertz CT molecular complexity index is 296. The molecular formula is C13H26N2O3. The highest BCUT2D eigenvalue weighted by molar-refractivity contribution is 5.88. The highest BCUT2D eigenvalue weighted by atomic mass is 16.4. The van der Waals surface area contributed by atoms with Gasteiger partial charge >= 0.3 is 5.97 Å². The number of amides is 1. The molecule has 1 atom stereocenters. The van der Waals surface area contributed by atoms with E-state index in [9.17, 15) is 14.7 Å². The van der Waals surface area contributed by atoms with Crippen molar-refractivity contribution in [3.05, 3.63) is 0 Å². The number of carboxylic acid groups (broad SMARTS) is 1. The average molecular weight is 258 g/mol. The first-order valence-electron chi connectivity index (χ1n) is 6.38. The Morgan fingerprint density at radius 1 is 1.22 bits per heavy atom. The lowest BCUT2D eigenvalue weighted by Gasteiger charge is -2.34.